The molecular weight excluding hydrogens is 100 g/mol. The van der Waals surface area contributed by atoms with Crippen LogP contribution in [-0.2, 0) is 0 Å². The quantitative estimate of drug-likeness (QED) is 0.424. The molecule has 0 N–H and O–H groups in total. The molecule has 0 amide bonds. The van der Waals surface area contributed by atoms with Gasteiger partial charge in [0.05, 0.1) is 0 Å². The van der Waals surface area contributed by atoms with Crippen LogP contribution < -0.4 is 0 Å². The van der Waals surface area contributed by atoms with Crippen molar-refractivity contribution in [1.82, 2.24) is 4.90 Å². The van der Waals surface area contributed by atoms with Crippen LogP contribution in [0.3, 0.4) is 0 Å². The van der Waals surface area contributed by atoms with Crippen LogP contribution in [-0.4, -0.2) is 17.5 Å². The van der Waals surface area contributed by atoms with Gasteiger partial charge >= 0.3 is 0 Å². The van der Waals surface area contributed by atoms with E-state index in [-0.39, 0.29) is 0 Å². The van der Waals surface area contributed by atoms with Crippen molar-refractivity contribution in [3.63, 3.8) is 0 Å². The van der Waals surface area contributed by atoms with Crippen molar-refractivity contribution in [3.8, 4) is 6.19 Å². The fourth-order valence-electron chi connectivity index (χ4n) is 1.52. The molecule has 0 aromatic heterocycles. The minimum atomic E-state index is 0.667. The van der Waals surface area contributed by atoms with E-state index in [1.807, 2.05) is 4.90 Å². The molecule has 2 nitrogen and oxygen atoms in total. The van der Waals surface area contributed by atoms with Crippen LogP contribution in [0.2, 0.25) is 0 Å². The van der Waals surface area contributed by atoms with Crippen molar-refractivity contribution < 1.29 is 0 Å². The maximum Gasteiger partial charge on any atom is 0.179 e. The fourth-order valence-corrected chi connectivity index (χ4v) is 1.52. The average Bonchev–Trinajstić information content (AvgIpc) is 2.46. The molecule has 8 heavy (non-hydrogen) atoms. The molecule has 2 fully saturated rings. The second-order valence-electron chi connectivity index (χ2n) is 2.65. The predicted octanol–water partition coefficient (Wildman–Crippen LogP) is 0.562. The van der Waals surface area contributed by atoms with Gasteiger partial charge in [-0.05, 0) is 18.8 Å². The summed E-state index contributed by atoms with van der Waals surface area (Å²) in [6.07, 6.45) is 4.74. The normalized spacial score (nSPS) is 41.1. The summed E-state index contributed by atoms with van der Waals surface area (Å²) in [4.78, 5) is 1.91. The molecule has 2 unspecified atom stereocenters. The zero-order valence-electron chi connectivity index (χ0n) is 4.67. The highest BCUT2D eigenvalue weighted by atomic mass is 15.2. The van der Waals surface area contributed by atoms with Crippen LogP contribution in [0.15, 0.2) is 0 Å². The Labute approximate surface area is 48.7 Å². The van der Waals surface area contributed by atoms with Gasteiger partial charge in [0.25, 0.3) is 0 Å². The van der Waals surface area contributed by atoms with Gasteiger partial charge in [-0.1, -0.05) is 0 Å². The van der Waals surface area contributed by atoms with Crippen molar-refractivity contribution in [2.45, 2.75) is 18.9 Å². The van der Waals surface area contributed by atoms with Crippen LogP contribution in [0.4, 0.5) is 0 Å². The maximum atomic E-state index is 8.44. The van der Waals surface area contributed by atoms with Gasteiger partial charge in [0.2, 0.25) is 0 Å². The molecule has 2 aliphatic rings. The third-order valence-electron chi connectivity index (χ3n) is 2.15. The molecule has 1 saturated heterocycles. The lowest BCUT2D eigenvalue weighted by Crippen LogP contribution is -2.15. The number of hydrogen-bond acceptors (Lipinski definition) is 2. The second kappa shape index (κ2) is 1.17. The predicted molar refractivity (Wildman–Crippen MR) is 28.8 cm³/mol. The van der Waals surface area contributed by atoms with Crippen molar-refractivity contribution in [2.24, 2.45) is 5.92 Å². The Morgan fingerprint density at radius 1 is 1.62 bits per heavy atom. The monoisotopic (exact) mass is 108 g/mol. The third kappa shape index (κ3) is 0.367. The molecule has 0 bridgehead atoms. The molecule has 1 saturated carbocycles. The standard InChI is InChI=1S/C6H8N2/c7-4-8-2-1-5-3-6(5)8/h5-6H,1-3H2. The summed E-state index contributed by atoms with van der Waals surface area (Å²) >= 11 is 0. The van der Waals surface area contributed by atoms with E-state index in [1.165, 1.54) is 12.8 Å². The van der Waals surface area contributed by atoms with E-state index < -0.39 is 0 Å². The molecule has 2 rings (SSSR count). The first-order valence-corrected chi connectivity index (χ1v) is 3.08. The first kappa shape index (κ1) is 4.20. The second-order valence-corrected chi connectivity index (χ2v) is 2.65. The van der Waals surface area contributed by atoms with Gasteiger partial charge in [-0.15, -0.1) is 0 Å². The van der Waals surface area contributed by atoms with E-state index >= 15 is 0 Å². The van der Waals surface area contributed by atoms with Crippen LogP contribution in [0.25, 0.3) is 0 Å². The number of piperidine rings is 1. The largest absolute Gasteiger partial charge is 0.307 e. The van der Waals surface area contributed by atoms with Crippen molar-refractivity contribution >= 4 is 0 Å². The number of fused-ring (bicyclic) bond motifs is 1. The van der Waals surface area contributed by atoms with Crippen molar-refractivity contribution in [2.75, 3.05) is 6.54 Å². The summed E-state index contributed by atoms with van der Waals surface area (Å²) in [6.45, 7) is 1.02. The van der Waals surface area contributed by atoms with Crippen molar-refractivity contribution in [1.29, 1.82) is 5.26 Å². The number of hydrogen-bond donors (Lipinski definition) is 0. The Hall–Kier alpha value is -0.710. The molecule has 0 spiro atoms. The zero-order chi connectivity index (χ0) is 5.56. The van der Waals surface area contributed by atoms with E-state index in [9.17, 15) is 0 Å². The summed E-state index contributed by atoms with van der Waals surface area (Å²) in [5.74, 6) is 0.898. The Balaban J connectivity index is 2.09. The van der Waals surface area contributed by atoms with Gasteiger partial charge in [0, 0.05) is 12.6 Å². The molecular formula is C6H8N2. The third-order valence-corrected chi connectivity index (χ3v) is 2.15. The van der Waals surface area contributed by atoms with E-state index in [0.29, 0.717) is 6.04 Å². The smallest absolute Gasteiger partial charge is 0.179 e. The molecule has 1 heterocycles. The highest BCUT2D eigenvalue weighted by Crippen LogP contribution is 2.43. The fraction of sp³-hybridized carbons (Fsp3) is 0.833. The lowest BCUT2D eigenvalue weighted by molar-refractivity contribution is 0.432. The summed E-state index contributed by atoms with van der Waals surface area (Å²) in [5.41, 5.74) is 0. The van der Waals surface area contributed by atoms with Crippen LogP contribution in [0.1, 0.15) is 12.8 Å². The molecule has 1 aliphatic carbocycles. The van der Waals surface area contributed by atoms with Gasteiger partial charge in [-0.3, -0.25) is 0 Å². The van der Waals surface area contributed by atoms with Crippen LogP contribution in [0, 0.1) is 17.4 Å². The van der Waals surface area contributed by atoms with E-state index in [0.717, 1.165) is 12.5 Å². The lowest BCUT2D eigenvalue weighted by Gasteiger charge is -2.05. The Morgan fingerprint density at radius 2 is 2.50 bits per heavy atom. The van der Waals surface area contributed by atoms with E-state index in [2.05, 4.69) is 6.19 Å². The van der Waals surface area contributed by atoms with E-state index in [4.69, 9.17) is 5.26 Å². The number of nitrogens with zero attached hydrogens (tertiary/aromatic N) is 2. The molecule has 0 radical (unpaired) electrons. The first-order chi connectivity index (χ1) is 3.92. The van der Waals surface area contributed by atoms with Crippen LogP contribution in [0.5, 0.6) is 0 Å². The zero-order valence-corrected chi connectivity index (χ0v) is 4.67. The van der Waals surface area contributed by atoms with Gasteiger partial charge < -0.3 is 4.90 Å². The first-order valence-electron chi connectivity index (χ1n) is 3.08. The topological polar surface area (TPSA) is 27.0 Å². The molecule has 2 atom stereocenters. The minimum absolute atomic E-state index is 0.667. The maximum absolute atomic E-state index is 8.44. The number of likely N-dealkylation sites (tertiary alicyclic amines) is 1. The molecule has 1 aliphatic heterocycles. The molecule has 0 aromatic carbocycles. The average molecular weight is 108 g/mol. The Bertz CT molecular complexity index is 147. The summed E-state index contributed by atoms with van der Waals surface area (Å²) in [5, 5.41) is 8.44. The summed E-state index contributed by atoms with van der Waals surface area (Å²) < 4.78 is 0. The minimum Gasteiger partial charge on any atom is -0.307 e. The Kier molecular flexibility index (Phi) is 0.611. The highest BCUT2D eigenvalue weighted by molar-refractivity contribution is 5.05. The summed E-state index contributed by atoms with van der Waals surface area (Å²) in [6, 6.07) is 0.667. The van der Waals surface area contributed by atoms with Gasteiger partial charge in [-0.25, -0.2) is 0 Å². The number of nitriles is 1. The highest BCUT2D eigenvalue weighted by Gasteiger charge is 2.46. The SMILES string of the molecule is N#CN1CCC2CC21. The van der Waals surface area contributed by atoms with Gasteiger partial charge in [0.15, 0.2) is 6.19 Å². The van der Waals surface area contributed by atoms with Gasteiger partial charge in [0.1, 0.15) is 0 Å². The van der Waals surface area contributed by atoms with Gasteiger partial charge in [-0.2, -0.15) is 5.26 Å². The number of rotatable bonds is 0. The van der Waals surface area contributed by atoms with Crippen molar-refractivity contribution in [3.05, 3.63) is 0 Å². The van der Waals surface area contributed by atoms with Crippen LogP contribution >= 0.6 is 0 Å². The molecule has 0 aromatic rings. The lowest BCUT2D eigenvalue weighted by atomic mass is 10.3. The molecule has 2 heteroatoms. The summed E-state index contributed by atoms with van der Waals surface area (Å²) in [7, 11) is 0. The molecule has 42 valence electrons. The Morgan fingerprint density at radius 3 is 2.75 bits per heavy atom. The van der Waals surface area contributed by atoms with E-state index in [1.54, 1.807) is 0 Å².